The van der Waals surface area contributed by atoms with Crippen LogP contribution in [0.1, 0.15) is 6.42 Å². The third-order valence-electron chi connectivity index (χ3n) is 1.45. The van der Waals surface area contributed by atoms with Crippen molar-refractivity contribution < 1.29 is 4.79 Å². The van der Waals surface area contributed by atoms with Crippen LogP contribution in [0.4, 0.5) is 0 Å². The molecule has 0 unspecified atom stereocenters. The molecule has 0 amide bonds. The monoisotopic (exact) mass is 124 g/mol. The SMILES string of the molecule is N#C[C@@H]1CCNCC1=O. The van der Waals surface area contributed by atoms with Crippen LogP contribution in [0, 0.1) is 17.2 Å². The van der Waals surface area contributed by atoms with Gasteiger partial charge in [0.2, 0.25) is 0 Å². The smallest absolute Gasteiger partial charge is 0.163 e. The van der Waals surface area contributed by atoms with Crippen molar-refractivity contribution in [3.63, 3.8) is 0 Å². The first-order chi connectivity index (χ1) is 4.34. The Morgan fingerprint density at radius 2 is 2.56 bits per heavy atom. The molecule has 1 atom stereocenters. The molecule has 0 aromatic heterocycles. The van der Waals surface area contributed by atoms with Gasteiger partial charge in [0, 0.05) is 0 Å². The number of nitrogens with one attached hydrogen (secondary N) is 1. The number of rotatable bonds is 0. The number of nitrogens with zero attached hydrogens (tertiary/aromatic N) is 1. The second kappa shape index (κ2) is 2.60. The zero-order valence-electron chi connectivity index (χ0n) is 5.05. The van der Waals surface area contributed by atoms with Crippen LogP contribution in [0.5, 0.6) is 0 Å². The van der Waals surface area contributed by atoms with Gasteiger partial charge in [-0.25, -0.2) is 0 Å². The van der Waals surface area contributed by atoms with Crippen molar-refractivity contribution in [2.75, 3.05) is 13.1 Å². The standard InChI is InChI=1S/C6H8N2O/c7-3-5-1-2-8-4-6(5)9/h5,8H,1-2,4H2/t5-/m0/s1. The Bertz CT molecular complexity index is 159. The lowest BCUT2D eigenvalue weighted by molar-refractivity contribution is -0.121. The van der Waals surface area contributed by atoms with E-state index in [1.807, 2.05) is 6.07 Å². The van der Waals surface area contributed by atoms with E-state index in [0.29, 0.717) is 13.0 Å². The number of Topliss-reactive ketones (excluding diaryl/α,β-unsaturated/α-hetero) is 1. The molecule has 1 fully saturated rings. The van der Waals surface area contributed by atoms with Crippen molar-refractivity contribution >= 4 is 5.78 Å². The van der Waals surface area contributed by atoms with Crippen LogP contribution in [-0.4, -0.2) is 18.9 Å². The predicted octanol–water partition coefficient (Wildman–Crippen LogP) is -0.311. The average molecular weight is 124 g/mol. The van der Waals surface area contributed by atoms with Gasteiger partial charge in [0.1, 0.15) is 5.92 Å². The van der Waals surface area contributed by atoms with E-state index in [4.69, 9.17) is 5.26 Å². The maximum atomic E-state index is 10.7. The summed E-state index contributed by atoms with van der Waals surface area (Å²) in [4.78, 5) is 10.7. The van der Waals surface area contributed by atoms with Gasteiger partial charge >= 0.3 is 0 Å². The summed E-state index contributed by atoms with van der Waals surface area (Å²) >= 11 is 0. The van der Waals surface area contributed by atoms with Crippen molar-refractivity contribution in [2.24, 2.45) is 5.92 Å². The number of nitriles is 1. The maximum absolute atomic E-state index is 10.7. The van der Waals surface area contributed by atoms with Crippen LogP contribution in [0.2, 0.25) is 0 Å². The lowest BCUT2D eigenvalue weighted by Gasteiger charge is -2.14. The van der Waals surface area contributed by atoms with Crippen LogP contribution in [-0.2, 0) is 4.79 Å². The summed E-state index contributed by atoms with van der Waals surface area (Å²) in [6, 6.07) is 1.96. The van der Waals surface area contributed by atoms with E-state index in [9.17, 15) is 4.79 Å². The molecule has 1 aliphatic rings. The molecule has 3 nitrogen and oxygen atoms in total. The summed E-state index contributed by atoms with van der Waals surface area (Å²) in [5.41, 5.74) is 0. The fourth-order valence-electron chi connectivity index (χ4n) is 0.879. The van der Waals surface area contributed by atoms with Crippen LogP contribution in [0.25, 0.3) is 0 Å². The highest BCUT2D eigenvalue weighted by molar-refractivity contribution is 5.85. The second-order valence-electron chi connectivity index (χ2n) is 2.11. The van der Waals surface area contributed by atoms with Crippen LogP contribution in [0.15, 0.2) is 0 Å². The Balaban J connectivity index is 2.51. The third-order valence-corrected chi connectivity index (χ3v) is 1.45. The number of piperidine rings is 1. The van der Waals surface area contributed by atoms with Gasteiger partial charge < -0.3 is 5.32 Å². The van der Waals surface area contributed by atoms with Gasteiger partial charge in [-0.1, -0.05) is 0 Å². The van der Waals surface area contributed by atoms with Gasteiger partial charge in [-0.15, -0.1) is 0 Å². The van der Waals surface area contributed by atoms with Gasteiger partial charge in [-0.3, -0.25) is 4.79 Å². The molecule has 1 saturated heterocycles. The van der Waals surface area contributed by atoms with Crippen LogP contribution in [0.3, 0.4) is 0 Å². The fraction of sp³-hybridized carbons (Fsp3) is 0.667. The number of carbonyl (C=O) groups is 1. The molecule has 0 radical (unpaired) electrons. The van der Waals surface area contributed by atoms with Crippen molar-refractivity contribution in [3.8, 4) is 6.07 Å². The van der Waals surface area contributed by atoms with Gasteiger partial charge in [0.25, 0.3) is 0 Å². The molecule has 1 N–H and O–H groups in total. The zero-order chi connectivity index (χ0) is 6.69. The summed E-state index contributed by atoms with van der Waals surface area (Å²) in [7, 11) is 0. The number of hydrogen-bond donors (Lipinski definition) is 1. The summed E-state index contributed by atoms with van der Waals surface area (Å²) < 4.78 is 0. The topological polar surface area (TPSA) is 52.9 Å². The molecule has 0 aromatic rings. The number of ketones is 1. The number of carbonyl (C=O) groups excluding carboxylic acids is 1. The Morgan fingerprint density at radius 3 is 3.00 bits per heavy atom. The predicted molar refractivity (Wildman–Crippen MR) is 31.6 cm³/mol. The van der Waals surface area contributed by atoms with Gasteiger partial charge in [-0.2, -0.15) is 5.26 Å². The second-order valence-corrected chi connectivity index (χ2v) is 2.11. The fourth-order valence-corrected chi connectivity index (χ4v) is 0.879. The summed E-state index contributed by atoms with van der Waals surface area (Å²) in [6.07, 6.45) is 0.676. The minimum absolute atomic E-state index is 0.0313. The Kier molecular flexibility index (Phi) is 1.81. The summed E-state index contributed by atoms with van der Waals surface area (Å²) in [6.45, 7) is 1.17. The first kappa shape index (κ1) is 6.24. The largest absolute Gasteiger partial charge is 0.310 e. The zero-order valence-corrected chi connectivity index (χ0v) is 5.05. The van der Waals surface area contributed by atoms with Crippen molar-refractivity contribution in [1.29, 1.82) is 5.26 Å². The number of hydrogen-bond acceptors (Lipinski definition) is 3. The highest BCUT2D eigenvalue weighted by Gasteiger charge is 2.20. The molecular weight excluding hydrogens is 116 g/mol. The molecule has 9 heavy (non-hydrogen) atoms. The van der Waals surface area contributed by atoms with E-state index < -0.39 is 0 Å². The maximum Gasteiger partial charge on any atom is 0.163 e. The van der Waals surface area contributed by atoms with Crippen molar-refractivity contribution in [3.05, 3.63) is 0 Å². The highest BCUT2D eigenvalue weighted by atomic mass is 16.1. The lowest BCUT2D eigenvalue weighted by atomic mass is 9.99. The van der Waals surface area contributed by atoms with Gasteiger partial charge in [0.15, 0.2) is 5.78 Å². The molecule has 0 aromatic carbocycles. The first-order valence-corrected chi connectivity index (χ1v) is 2.97. The summed E-state index contributed by atoms with van der Waals surface area (Å²) in [5.74, 6) is -0.310. The molecule has 3 heteroatoms. The third kappa shape index (κ3) is 1.27. The average Bonchev–Trinajstić information content (AvgIpc) is 1.89. The Morgan fingerprint density at radius 1 is 1.78 bits per heavy atom. The van der Waals surface area contributed by atoms with Gasteiger partial charge in [-0.05, 0) is 13.0 Å². The van der Waals surface area contributed by atoms with Crippen molar-refractivity contribution in [1.82, 2.24) is 5.32 Å². The molecule has 48 valence electrons. The molecule has 0 aliphatic carbocycles. The van der Waals surface area contributed by atoms with E-state index in [-0.39, 0.29) is 11.7 Å². The highest BCUT2D eigenvalue weighted by Crippen LogP contribution is 2.04. The quantitative estimate of drug-likeness (QED) is 0.482. The normalized spacial score (nSPS) is 27.4. The first-order valence-electron chi connectivity index (χ1n) is 2.97. The molecule has 1 heterocycles. The van der Waals surface area contributed by atoms with Crippen LogP contribution >= 0.6 is 0 Å². The van der Waals surface area contributed by atoms with E-state index in [2.05, 4.69) is 5.32 Å². The Labute approximate surface area is 53.7 Å². The molecule has 0 bridgehead atoms. The molecule has 1 rings (SSSR count). The molecule has 1 aliphatic heterocycles. The molecule has 0 spiro atoms. The molecular formula is C6H8N2O. The van der Waals surface area contributed by atoms with Gasteiger partial charge in [0.05, 0.1) is 12.6 Å². The van der Waals surface area contributed by atoms with E-state index in [1.54, 1.807) is 0 Å². The lowest BCUT2D eigenvalue weighted by Crippen LogP contribution is -2.36. The van der Waals surface area contributed by atoms with E-state index in [0.717, 1.165) is 6.54 Å². The van der Waals surface area contributed by atoms with E-state index in [1.165, 1.54) is 0 Å². The minimum atomic E-state index is -0.341. The summed E-state index contributed by atoms with van der Waals surface area (Å²) in [5, 5.41) is 11.3. The van der Waals surface area contributed by atoms with Crippen molar-refractivity contribution in [2.45, 2.75) is 6.42 Å². The Hall–Kier alpha value is -0.880. The van der Waals surface area contributed by atoms with Crippen LogP contribution < -0.4 is 5.32 Å². The molecule has 0 saturated carbocycles. The van der Waals surface area contributed by atoms with E-state index >= 15 is 0 Å². The minimum Gasteiger partial charge on any atom is -0.310 e.